The number of aromatic nitrogens is 1. The van der Waals surface area contributed by atoms with E-state index >= 15 is 0 Å². The van der Waals surface area contributed by atoms with Crippen LogP contribution in [-0.4, -0.2) is 29.4 Å². The van der Waals surface area contributed by atoms with E-state index in [2.05, 4.69) is 15.1 Å². The van der Waals surface area contributed by atoms with E-state index in [1.165, 1.54) is 6.20 Å². The molecule has 0 fully saturated rings. The van der Waals surface area contributed by atoms with Crippen molar-refractivity contribution >= 4 is 17.8 Å². The predicted octanol–water partition coefficient (Wildman–Crippen LogP) is -0.286. The number of aryl methyl sites for hydroxylation is 1. The Morgan fingerprint density at radius 3 is 2.67 bits per heavy atom. The average molecular weight is 251 g/mol. The minimum absolute atomic E-state index is 0.0829. The van der Waals surface area contributed by atoms with Gasteiger partial charge >= 0.3 is 11.9 Å². The molecule has 0 aliphatic heterocycles. The number of hydrogen-bond donors (Lipinski definition) is 2. The summed E-state index contributed by atoms with van der Waals surface area (Å²) in [6.45, 7) is 3.36. The molecule has 0 saturated carbocycles. The summed E-state index contributed by atoms with van der Waals surface area (Å²) in [5.74, 6) is -2.71. The number of ether oxygens (including phenoxy) is 1. The van der Waals surface area contributed by atoms with Crippen molar-refractivity contribution in [3.63, 3.8) is 0 Å². The van der Waals surface area contributed by atoms with Gasteiger partial charge in [0.15, 0.2) is 0 Å². The zero-order valence-electron chi connectivity index (χ0n) is 10.0. The van der Waals surface area contributed by atoms with Gasteiger partial charge in [0.1, 0.15) is 5.69 Å². The summed E-state index contributed by atoms with van der Waals surface area (Å²) >= 11 is 0. The smallest absolute Gasteiger partial charge is 0.398 e. The molecule has 0 spiro atoms. The summed E-state index contributed by atoms with van der Waals surface area (Å²) in [5, 5.41) is 0. The van der Waals surface area contributed by atoms with Gasteiger partial charge in [0.25, 0.3) is 5.91 Å². The van der Waals surface area contributed by atoms with Crippen molar-refractivity contribution < 1.29 is 19.1 Å². The molecular weight excluding hydrogens is 238 g/mol. The van der Waals surface area contributed by atoms with Crippen LogP contribution in [0.4, 0.5) is 0 Å². The molecule has 96 valence electrons. The van der Waals surface area contributed by atoms with Crippen molar-refractivity contribution in [2.45, 2.75) is 13.8 Å². The van der Waals surface area contributed by atoms with E-state index in [-0.39, 0.29) is 12.3 Å². The molecule has 2 amide bonds. The van der Waals surface area contributed by atoms with Crippen molar-refractivity contribution in [3.05, 3.63) is 29.6 Å². The Labute approximate surface area is 104 Å². The molecule has 18 heavy (non-hydrogen) atoms. The first kappa shape index (κ1) is 13.6. The second kappa shape index (κ2) is 6.33. The average Bonchev–Trinajstić information content (AvgIpc) is 2.36. The summed E-state index contributed by atoms with van der Waals surface area (Å²) in [6.07, 6.45) is 1.45. The Kier molecular flexibility index (Phi) is 4.79. The second-order valence-corrected chi connectivity index (χ2v) is 3.30. The Morgan fingerprint density at radius 1 is 1.33 bits per heavy atom. The molecular formula is C11H13N3O4. The third-order valence-electron chi connectivity index (χ3n) is 1.97. The zero-order chi connectivity index (χ0) is 13.5. The standard InChI is InChI=1S/C11H13N3O4/c1-3-18-11(17)10(16)14-13-9(15)8-7(2)5-4-6-12-8/h4-6H,3H2,1-2H3,(H,13,15)(H,14,16). The number of rotatable bonds is 2. The highest BCUT2D eigenvalue weighted by molar-refractivity contribution is 6.32. The molecule has 0 unspecified atom stereocenters. The van der Waals surface area contributed by atoms with Gasteiger partial charge in [0, 0.05) is 6.20 Å². The normalized spacial score (nSPS) is 9.44. The van der Waals surface area contributed by atoms with Crippen LogP contribution in [-0.2, 0) is 14.3 Å². The summed E-state index contributed by atoms with van der Waals surface area (Å²) in [6, 6.07) is 3.39. The lowest BCUT2D eigenvalue weighted by molar-refractivity contribution is -0.154. The first-order valence-corrected chi connectivity index (χ1v) is 5.25. The van der Waals surface area contributed by atoms with E-state index in [0.717, 1.165) is 0 Å². The first-order valence-electron chi connectivity index (χ1n) is 5.25. The third-order valence-corrected chi connectivity index (χ3v) is 1.97. The fourth-order valence-electron chi connectivity index (χ4n) is 1.14. The van der Waals surface area contributed by atoms with Crippen LogP contribution in [0.5, 0.6) is 0 Å². The number of carbonyl (C=O) groups is 3. The number of hydrogen-bond acceptors (Lipinski definition) is 5. The maximum atomic E-state index is 11.6. The van der Waals surface area contributed by atoms with Crippen LogP contribution in [0.2, 0.25) is 0 Å². The van der Waals surface area contributed by atoms with Crippen LogP contribution < -0.4 is 10.9 Å². The fraction of sp³-hybridized carbons (Fsp3) is 0.273. The third kappa shape index (κ3) is 3.55. The Balaban J connectivity index is 2.55. The van der Waals surface area contributed by atoms with Crippen LogP contribution in [0.25, 0.3) is 0 Å². The van der Waals surface area contributed by atoms with Crippen LogP contribution >= 0.6 is 0 Å². The van der Waals surface area contributed by atoms with Gasteiger partial charge in [0.05, 0.1) is 6.61 Å². The Bertz CT molecular complexity index is 473. The van der Waals surface area contributed by atoms with Crippen molar-refractivity contribution in [2.75, 3.05) is 6.61 Å². The zero-order valence-corrected chi connectivity index (χ0v) is 10.0. The highest BCUT2D eigenvalue weighted by Gasteiger charge is 2.16. The lowest BCUT2D eigenvalue weighted by Gasteiger charge is -2.07. The minimum atomic E-state index is -1.06. The van der Waals surface area contributed by atoms with Crippen molar-refractivity contribution in [3.8, 4) is 0 Å². The molecule has 0 aromatic carbocycles. The van der Waals surface area contributed by atoms with E-state index in [1.807, 2.05) is 5.43 Å². The van der Waals surface area contributed by atoms with Gasteiger partial charge in [-0.05, 0) is 25.5 Å². The number of pyridine rings is 1. The van der Waals surface area contributed by atoms with Crippen molar-refractivity contribution in [1.82, 2.24) is 15.8 Å². The van der Waals surface area contributed by atoms with Crippen molar-refractivity contribution in [1.29, 1.82) is 0 Å². The number of carbonyl (C=O) groups excluding carboxylic acids is 3. The number of amides is 2. The predicted molar refractivity (Wildman–Crippen MR) is 61.2 cm³/mol. The van der Waals surface area contributed by atoms with Crippen LogP contribution in [0.1, 0.15) is 23.0 Å². The molecule has 1 aromatic rings. The van der Waals surface area contributed by atoms with E-state index < -0.39 is 17.8 Å². The largest absolute Gasteiger partial charge is 0.459 e. The van der Waals surface area contributed by atoms with Gasteiger partial charge < -0.3 is 4.74 Å². The minimum Gasteiger partial charge on any atom is -0.459 e. The maximum absolute atomic E-state index is 11.6. The first-order chi connectivity index (χ1) is 8.56. The van der Waals surface area contributed by atoms with E-state index in [4.69, 9.17) is 0 Å². The van der Waals surface area contributed by atoms with Crippen LogP contribution in [0, 0.1) is 6.92 Å². The van der Waals surface area contributed by atoms with E-state index in [0.29, 0.717) is 5.56 Å². The topological polar surface area (TPSA) is 97.4 Å². The summed E-state index contributed by atoms with van der Waals surface area (Å²) < 4.78 is 4.45. The summed E-state index contributed by atoms with van der Waals surface area (Å²) in [7, 11) is 0. The molecule has 0 radical (unpaired) electrons. The van der Waals surface area contributed by atoms with E-state index in [1.54, 1.807) is 26.0 Å². The molecule has 1 aromatic heterocycles. The lowest BCUT2D eigenvalue weighted by atomic mass is 10.2. The quantitative estimate of drug-likeness (QED) is 0.428. The lowest BCUT2D eigenvalue weighted by Crippen LogP contribution is -2.45. The van der Waals surface area contributed by atoms with Gasteiger partial charge in [-0.2, -0.15) is 0 Å². The number of nitrogens with one attached hydrogen (secondary N) is 2. The highest BCUT2D eigenvalue weighted by atomic mass is 16.5. The number of esters is 1. The van der Waals surface area contributed by atoms with Gasteiger partial charge in [-0.3, -0.25) is 25.4 Å². The molecule has 0 aliphatic carbocycles. The number of hydrazine groups is 1. The molecule has 7 heteroatoms. The molecule has 0 saturated heterocycles. The SMILES string of the molecule is CCOC(=O)C(=O)NNC(=O)c1ncccc1C. The summed E-state index contributed by atoms with van der Waals surface area (Å²) in [5.41, 5.74) is 4.84. The molecule has 2 N–H and O–H groups in total. The van der Waals surface area contributed by atoms with Gasteiger partial charge in [-0.1, -0.05) is 6.07 Å². The molecule has 1 rings (SSSR count). The number of nitrogens with zero attached hydrogens (tertiary/aromatic N) is 1. The molecule has 0 bridgehead atoms. The van der Waals surface area contributed by atoms with Gasteiger partial charge in [-0.15, -0.1) is 0 Å². The summed E-state index contributed by atoms with van der Waals surface area (Å²) in [4.78, 5) is 37.6. The van der Waals surface area contributed by atoms with Gasteiger partial charge in [0.2, 0.25) is 0 Å². The fourth-order valence-corrected chi connectivity index (χ4v) is 1.14. The second-order valence-electron chi connectivity index (χ2n) is 3.30. The van der Waals surface area contributed by atoms with Crippen LogP contribution in [0.3, 0.4) is 0 Å². The van der Waals surface area contributed by atoms with Gasteiger partial charge in [-0.25, -0.2) is 4.79 Å². The Morgan fingerprint density at radius 2 is 2.06 bits per heavy atom. The maximum Gasteiger partial charge on any atom is 0.398 e. The highest BCUT2D eigenvalue weighted by Crippen LogP contribution is 2.01. The molecule has 0 aliphatic rings. The molecule has 1 heterocycles. The monoisotopic (exact) mass is 251 g/mol. The van der Waals surface area contributed by atoms with E-state index in [9.17, 15) is 14.4 Å². The molecule has 7 nitrogen and oxygen atoms in total. The van der Waals surface area contributed by atoms with Crippen LogP contribution in [0.15, 0.2) is 18.3 Å². The molecule has 0 atom stereocenters. The Hall–Kier alpha value is -2.44. The van der Waals surface area contributed by atoms with Crippen molar-refractivity contribution in [2.24, 2.45) is 0 Å².